The molecule has 3 rings (SSSR count). The van der Waals surface area contributed by atoms with Gasteiger partial charge in [0, 0.05) is 13.1 Å². The van der Waals surface area contributed by atoms with Crippen LogP contribution >= 0.6 is 0 Å². The van der Waals surface area contributed by atoms with Gasteiger partial charge in [-0.15, -0.1) is 0 Å². The molecular weight excluding hydrogens is 304 g/mol. The van der Waals surface area contributed by atoms with Crippen LogP contribution < -0.4 is 10.1 Å². The van der Waals surface area contributed by atoms with Gasteiger partial charge in [0.2, 0.25) is 0 Å². The lowest BCUT2D eigenvalue weighted by Gasteiger charge is -2.26. The van der Waals surface area contributed by atoms with E-state index in [1.165, 1.54) is 12.6 Å². The summed E-state index contributed by atoms with van der Waals surface area (Å²) < 4.78 is 5.34. The van der Waals surface area contributed by atoms with Crippen LogP contribution in [-0.2, 0) is 0 Å². The van der Waals surface area contributed by atoms with Crippen molar-refractivity contribution in [2.24, 2.45) is 0 Å². The molecular formula is C18H22N4O2. The Balaban J connectivity index is 1.73. The van der Waals surface area contributed by atoms with Gasteiger partial charge in [-0.3, -0.25) is 4.79 Å². The van der Waals surface area contributed by atoms with E-state index >= 15 is 0 Å². The van der Waals surface area contributed by atoms with Crippen molar-refractivity contribution in [3.63, 3.8) is 0 Å². The Kier molecular flexibility index (Phi) is 4.93. The molecule has 24 heavy (non-hydrogen) atoms. The quantitative estimate of drug-likeness (QED) is 0.935. The number of nitrogens with zero attached hydrogens (tertiary/aromatic N) is 3. The van der Waals surface area contributed by atoms with E-state index in [0.29, 0.717) is 11.5 Å². The van der Waals surface area contributed by atoms with Crippen molar-refractivity contribution in [1.29, 1.82) is 0 Å². The minimum atomic E-state index is -0.0399. The molecule has 6 heteroatoms. The number of nitrogens with one attached hydrogen (secondary N) is 1. The molecule has 1 saturated heterocycles. The van der Waals surface area contributed by atoms with Gasteiger partial charge in [-0.05, 0) is 43.9 Å². The van der Waals surface area contributed by atoms with Crippen molar-refractivity contribution >= 4 is 17.4 Å². The number of hydrogen-bond donors (Lipinski definition) is 1. The number of amides is 1. The first-order valence-corrected chi connectivity index (χ1v) is 8.20. The van der Waals surface area contributed by atoms with Gasteiger partial charge in [0.15, 0.2) is 0 Å². The van der Waals surface area contributed by atoms with Gasteiger partial charge in [-0.25, -0.2) is 9.97 Å². The standard InChI is InChI=1S/C18H22N4O2/c1-13-6-7-16(24-2)14(10-13)21-17-12-19-15(11-20-17)18(23)22-8-4-3-5-9-22/h6-7,10-12H,3-5,8-9H2,1-2H3,(H,20,21). The number of aryl methyl sites for hydroxylation is 1. The van der Waals surface area contributed by atoms with Crippen molar-refractivity contribution in [3.8, 4) is 5.75 Å². The van der Waals surface area contributed by atoms with E-state index in [4.69, 9.17) is 4.74 Å². The van der Waals surface area contributed by atoms with E-state index in [1.807, 2.05) is 30.0 Å². The lowest BCUT2D eigenvalue weighted by molar-refractivity contribution is 0.0718. The van der Waals surface area contributed by atoms with Crippen LogP contribution in [-0.4, -0.2) is 41.0 Å². The van der Waals surface area contributed by atoms with Gasteiger partial charge in [0.05, 0.1) is 25.2 Å². The van der Waals surface area contributed by atoms with Crippen LogP contribution in [0.2, 0.25) is 0 Å². The topological polar surface area (TPSA) is 67.3 Å². The first kappa shape index (κ1) is 16.2. The first-order valence-electron chi connectivity index (χ1n) is 8.20. The number of methoxy groups -OCH3 is 1. The molecule has 126 valence electrons. The Hall–Kier alpha value is -2.63. The maximum absolute atomic E-state index is 12.4. The van der Waals surface area contributed by atoms with Crippen molar-refractivity contribution in [1.82, 2.24) is 14.9 Å². The molecule has 0 unspecified atom stereocenters. The highest BCUT2D eigenvalue weighted by atomic mass is 16.5. The summed E-state index contributed by atoms with van der Waals surface area (Å²) in [7, 11) is 1.63. The van der Waals surface area contributed by atoms with Gasteiger partial charge in [-0.1, -0.05) is 6.07 Å². The van der Waals surface area contributed by atoms with E-state index in [-0.39, 0.29) is 5.91 Å². The Morgan fingerprint density at radius 2 is 1.96 bits per heavy atom. The Labute approximate surface area is 141 Å². The fourth-order valence-corrected chi connectivity index (χ4v) is 2.82. The van der Waals surface area contributed by atoms with Crippen molar-refractivity contribution in [2.75, 3.05) is 25.5 Å². The molecule has 0 atom stereocenters. The van der Waals surface area contributed by atoms with Gasteiger partial charge in [-0.2, -0.15) is 0 Å². The summed E-state index contributed by atoms with van der Waals surface area (Å²) >= 11 is 0. The van der Waals surface area contributed by atoms with E-state index in [1.54, 1.807) is 13.3 Å². The molecule has 1 aromatic carbocycles. The second kappa shape index (κ2) is 7.29. The SMILES string of the molecule is COc1ccc(C)cc1Nc1cnc(C(=O)N2CCCCC2)cn1. The third-order valence-corrected chi connectivity index (χ3v) is 4.13. The summed E-state index contributed by atoms with van der Waals surface area (Å²) in [4.78, 5) is 22.8. The molecule has 0 radical (unpaired) electrons. The summed E-state index contributed by atoms with van der Waals surface area (Å²) in [6, 6.07) is 5.86. The van der Waals surface area contributed by atoms with Crippen molar-refractivity contribution in [3.05, 3.63) is 41.9 Å². The molecule has 2 heterocycles. The third-order valence-electron chi connectivity index (χ3n) is 4.13. The van der Waals surface area contributed by atoms with Gasteiger partial charge in [0.25, 0.3) is 5.91 Å². The van der Waals surface area contributed by atoms with Crippen LogP contribution in [0.4, 0.5) is 11.5 Å². The normalized spacial score (nSPS) is 14.3. The zero-order valence-corrected chi connectivity index (χ0v) is 14.1. The number of aromatic nitrogens is 2. The highest BCUT2D eigenvalue weighted by Gasteiger charge is 2.19. The van der Waals surface area contributed by atoms with E-state index in [9.17, 15) is 4.79 Å². The molecule has 0 saturated carbocycles. The Bertz CT molecular complexity index is 709. The number of piperidine rings is 1. The molecule has 0 bridgehead atoms. The molecule has 2 aromatic rings. The molecule has 1 aliphatic rings. The lowest BCUT2D eigenvalue weighted by Crippen LogP contribution is -2.36. The number of hydrogen-bond acceptors (Lipinski definition) is 5. The van der Waals surface area contributed by atoms with Gasteiger partial charge in [0.1, 0.15) is 17.3 Å². The highest BCUT2D eigenvalue weighted by Crippen LogP contribution is 2.27. The fraction of sp³-hybridized carbons (Fsp3) is 0.389. The minimum absolute atomic E-state index is 0.0399. The number of carbonyl (C=O) groups is 1. The fourth-order valence-electron chi connectivity index (χ4n) is 2.82. The zero-order chi connectivity index (χ0) is 16.9. The largest absolute Gasteiger partial charge is 0.495 e. The molecule has 1 amide bonds. The molecule has 0 aliphatic carbocycles. The predicted molar refractivity (Wildman–Crippen MR) is 92.8 cm³/mol. The molecule has 0 spiro atoms. The Morgan fingerprint density at radius 3 is 2.62 bits per heavy atom. The van der Waals surface area contributed by atoms with Crippen LogP contribution in [0.3, 0.4) is 0 Å². The summed E-state index contributed by atoms with van der Waals surface area (Å²) in [5.41, 5.74) is 2.32. The first-order chi connectivity index (χ1) is 11.7. The maximum atomic E-state index is 12.4. The summed E-state index contributed by atoms with van der Waals surface area (Å²) in [5, 5.41) is 3.19. The van der Waals surface area contributed by atoms with Gasteiger partial charge < -0.3 is 15.0 Å². The Morgan fingerprint density at radius 1 is 1.17 bits per heavy atom. The number of anilines is 2. The predicted octanol–water partition coefficient (Wildman–Crippen LogP) is 3.16. The minimum Gasteiger partial charge on any atom is -0.495 e. The molecule has 1 fully saturated rings. The summed E-state index contributed by atoms with van der Waals surface area (Å²) in [5.74, 6) is 1.27. The smallest absolute Gasteiger partial charge is 0.274 e. The highest BCUT2D eigenvalue weighted by molar-refractivity contribution is 5.92. The van der Waals surface area contributed by atoms with Crippen LogP contribution in [0, 0.1) is 6.92 Å². The number of rotatable bonds is 4. The van der Waals surface area contributed by atoms with E-state index < -0.39 is 0 Å². The lowest BCUT2D eigenvalue weighted by atomic mass is 10.1. The maximum Gasteiger partial charge on any atom is 0.274 e. The average molecular weight is 326 g/mol. The van der Waals surface area contributed by atoms with E-state index in [0.717, 1.165) is 42.9 Å². The summed E-state index contributed by atoms with van der Waals surface area (Å²) in [6.45, 7) is 3.62. The van der Waals surface area contributed by atoms with Crippen LogP contribution in [0.5, 0.6) is 5.75 Å². The number of carbonyl (C=O) groups excluding carboxylic acids is 1. The zero-order valence-electron chi connectivity index (χ0n) is 14.1. The summed E-state index contributed by atoms with van der Waals surface area (Å²) in [6.07, 6.45) is 6.43. The monoisotopic (exact) mass is 326 g/mol. The molecule has 1 N–H and O–H groups in total. The van der Waals surface area contributed by atoms with Gasteiger partial charge >= 0.3 is 0 Å². The molecule has 1 aromatic heterocycles. The number of ether oxygens (including phenoxy) is 1. The molecule has 1 aliphatic heterocycles. The van der Waals surface area contributed by atoms with Crippen LogP contribution in [0.1, 0.15) is 35.3 Å². The average Bonchev–Trinajstić information content (AvgIpc) is 2.63. The van der Waals surface area contributed by atoms with Crippen LogP contribution in [0.25, 0.3) is 0 Å². The molecule has 6 nitrogen and oxygen atoms in total. The second-order valence-corrected chi connectivity index (χ2v) is 5.97. The number of benzene rings is 1. The van der Waals surface area contributed by atoms with Crippen molar-refractivity contribution < 1.29 is 9.53 Å². The number of likely N-dealkylation sites (tertiary alicyclic amines) is 1. The van der Waals surface area contributed by atoms with Crippen LogP contribution in [0.15, 0.2) is 30.6 Å². The van der Waals surface area contributed by atoms with E-state index in [2.05, 4.69) is 15.3 Å². The third kappa shape index (κ3) is 3.64. The second-order valence-electron chi connectivity index (χ2n) is 5.97. The van der Waals surface area contributed by atoms with Crippen molar-refractivity contribution in [2.45, 2.75) is 26.2 Å².